The summed E-state index contributed by atoms with van der Waals surface area (Å²) in [4.78, 5) is 0. The zero-order valence-corrected chi connectivity index (χ0v) is 12.4. The molecule has 1 N–H and O–H groups in total. The van der Waals surface area contributed by atoms with Gasteiger partial charge in [0.2, 0.25) is 0 Å². The van der Waals surface area contributed by atoms with Crippen molar-refractivity contribution in [3.05, 3.63) is 53.1 Å². The van der Waals surface area contributed by atoms with Crippen molar-refractivity contribution in [2.45, 2.75) is 13.5 Å². The Bertz CT molecular complexity index is 675. The van der Waals surface area contributed by atoms with Gasteiger partial charge in [-0.05, 0) is 42.3 Å². The lowest BCUT2D eigenvalue weighted by atomic mass is 10.1. The highest BCUT2D eigenvalue weighted by Crippen LogP contribution is 2.28. The summed E-state index contributed by atoms with van der Waals surface area (Å²) in [5.41, 5.74) is 3.79. The largest absolute Gasteiger partial charge is 0.493 e. The lowest BCUT2D eigenvalue weighted by Crippen LogP contribution is -2.02. The van der Waals surface area contributed by atoms with Crippen LogP contribution in [0.25, 0.3) is 0 Å². The van der Waals surface area contributed by atoms with Gasteiger partial charge in [0, 0.05) is 12.2 Å². The minimum atomic E-state index is 0.649. The van der Waals surface area contributed by atoms with Gasteiger partial charge in [0.15, 0.2) is 11.5 Å². The van der Waals surface area contributed by atoms with Crippen LogP contribution in [-0.4, -0.2) is 14.2 Å². The smallest absolute Gasteiger partial charge is 0.161 e. The lowest BCUT2D eigenvalue weighted by Gasteiger charge is -2.12. The van der Waals surface area contributed by atoms with E-state index in [9.17, 15) is 0 Å². The zero-order valence-electron chi connectivity index (χ0n) is 12.4. The predicted octanol–water partition coefficient (Wildman–Crippen LogP) is 3.50. The van der Waals surface area contributed by atoms with Crippen LogP contribution in [0, 0.1) is 18.3 Å². The van der Waals surface area contributed by atoms with Gasteiger partial charge in [-0.15, -0.1) is 0 Å². The molecule has 2 aromatic rings. The minimum Gasteiger partial charge on any atom is -0.493 e. The molecule has 0 saturated heterocycles. The Balaban J connectivity index is 2.15. The zero-order chi connectivity index (χ0) is 15.2. The fourth-order valence-corrected chi connectivity index (χ4v) is 2.07. The summed E-state index contributed by atoms with van der Waals surface area (Å²) in [7, 11) is 3.24. The van der Waals surface area contributed by atoms with Crippen LogP contribution in [0.2, 0.25) is 0 Å². The third-order valence-corrected chi connectivity index (χ3v) is 3.30. The predicted molar refractivity (Wildman–Crippen MR) is 82.8 cm³/mol. The molecule has 0 aliphatic carbocycles. The highest BCUT2D eigenvalue weighted by molar-refractivity contribution is 5.55. The Labute approximate surface area is 124 Å². The lowest BCUT2D eigenvalue weighted by molar-refractivity contribution is 0.354. The number of nitrogens with one attached hydrogen (secondary N) is 1. The van der Waals surface area contributed by atoms with E-state index in [4.69, 9.17) is 14.7 Å². The Morgan fingerprint density at radius 3 is 2.48 bits per heavy atom. The van der Waals surface area contributed by atoms with Gasteiger partial charge in [0.1, 0.15) is 0 Å². The summed E-state index contributed by atoms with van der Waals surface area (Å²) in [6.07, 6.45) is 0. The Morgan fingerprint density at radius 2 is 1.81 bits per heavy atom. The first-order chi connectivity index (χ1) is 10.2. The van der Waals surface area contributed by atoms with E-state index in [1.165, 1.54) is 0 Å². The summed E-state index contributed by atoms with van der Waals surface area (Å²) in [6, 6.07) is 13.6. The van der Waals surface area contributed by atoms with Crippen molar-refractivity contribution in [1.29, 1.82) is 5.26 Å². The summed E-state index contributed by atoms with van der Waals surface area (Å²) in [5, 5.41) is 12.3. The maximum atomic E-state index is 8.96. The van der Waals surface area contributed by atoms with Gasteiger partial charge in [-0.25, -0.2) is 0 Å². The number of hydrogen-bond acceptors (Lipinski definition) is 4. The summed E-state index contributed by atoms with van der Waals surface area (Å²) < 4.78 is 10.5. The van der Waals surface area contributed by atoms with E-state index in [1.54, 1.807) is 14.2 Å². The number of nitrogens with zero attached hydrogens (tertiary/aromatic N) is 1. The summed E-state index contributed by atoms with van der Waals surface area (Å²) >= 11 is 0. The maximum absolute atomic E-state index is 8.96. The van der Waals surface area contributed by atoms with Crippen molar-refractivity contribution in [1.82, 2.24) is 0 Å². The third-order valence-electron chi connectivity index (χ3n) is 3.30. The van der Waals surface area contributed by atoms with Crippen molar-refractivity contribution in [2.75, 3.05) is 19.5 Å². The van der Waals surface area contributed by atoms with Crippen LogP contribution in [0.1, 0.15) is 16.7 Å². The highest BCUT2D eigenvalue weighted by atomic mass is 16.5. The first-order valence-electron chi connectivity index (χ1n) is 6.63. The average Bonchev–Trinajstić information content (AvgIpc) is 2.53. The molecule has 0 aliphatic heterocycles. The Hall–Kier alpha value is -2.67. The molecule has 2 rings (SSSR count). The topological polar surface area (TPSA) is 54.3 Å². The molecule has 0 bridgehead atoms. The molecular weight excluding hydrogens is 264 g/mol. The number of rotatable bonds is 5. The van der Waals surface area contributed by atoms with Crippen molar-refractivity contribution >= 4 is 5.69 Å². The quantitative estimate of drug-likeness (QED) is 0.912. The molecule has 4 nitrogen and oxygen atoms in total. The second-order valence-corrected chi connectivity index (χ2v) is 4.68. The molecule has 0 atom stereocenters. The van der Waals surface area contributed by atoms with E-state index in [-0.39, 0.29) is 0 Å². The van der Waals surface area contributed by atoms with E-state index in [0.29, 0.717) is 23.6 Å². The Kier molecular flexibility index (Phi) is 4.68. The number of benzene rings is 2. The first kappa shape index (κ1) is 14.7. The number of ether oxygens (including phenoxy) is 2. The second kappa shape index (κ2) is 6.67. The fourth-order valence-electron chi connectivity index (χ4n) is 2.07. The molecule has 2 aromatic carbocycles. The van der Waals surface area contributed by atoms with Gasteiger partial charge in [-0.2, -0.15) is 5.26 Å². The number of methoxy groups -OCH3 is 2. The molecular formula is C17H18N2O2. The number of hydrogen-bond donors (Lipinski definition) is 1. The highest BCUT2D eigenvalue weighted by Gasteiger charge is 2.05. The molecule has 0 aliphatic rings. The monoisotopic (exact) mass is 282 g/mol. The molecule has 0 aromatic heterocycles. The molecule has 0 unspecified atom stereocenters. The van der Waals surface area contributed by atoms with Crippen molar-refractivity contribution in [2.24, 2.45) is 0 Å². The van der Waals surface area contributed by atoms with E-state index >= 15 is 0 Å². The normalized spacial score (nSPS) is 9.81. The molecule has 0 fully saturated rings. The van der Waals surface area contributed by atoms with Crippen LogP contribution in [0.3, 0.4) is 0 Å². The van der Waals surface area contributed by atoms with E-state index in [1.807, 2.05) is 43.3 Å². The van der Waals surface area contributed by atoms with E-state index < -0.39 is 0 Å². The van der Waals surface area contributed by atoms with Gasteiger partial charge in [0.25, 0.3) is 0 Å². The summed E-state index contributed by atoms with van der Waals surface area (Å²) in [5.74, 6) is 1.42. The Morgan fingerprint density at radius 1 is 1.05 bits per heavy atom. The standard InChI is InChI=1S/C17H18N2O2/c1-12-4-5-13(10-18)8-15(12)19-11-14-6-7-16(20-2)17(9-14)21-3/h4-9,19H,11H2,1-3H3. The van der Waals surface area contributed by atoms with Crippen molar-refractivity contribution in [3.63, 3.8) is 0 Å². The van der Waals surface area contributed by atoms with Crippen LogP contribution >= 0.6 is 0 Å². The van der Waals surface area contributed by atoms with Gasteiger partial charge in [-0.3, -0.25) is 0 Å². The van der Waals surface area contributed by atoms with E-state index in [0.717, 1.165) is 16.8 Å². The van der Waals surface area contributed by atoms with Gasteiger partial charge in [-0.1, -0.05) is 12.1 Å². The van der Waals surface area contributed by atoms with Crippen LogP contribution in [-0.2, 0) is 6.54 Å². The molecule has 21 heavy (non-hydrogen) atoms. The number of aryl methyl sites for hydroxylation is 1. The van der Waals surface area contributed by atoms with Gasteiger partial charge >= 0.3 is 0 Å². The van der Waals surface area contributed by atoms with Crippen LogP contribution in [0.4, 0.5) is 5.69 Å². The van der Waals surface area contributed by atoms with Crippen molar-refractivity contribution in [3.8, 4) is 17.6 Å². The maximum Gasteiger partial charge on any atom is 0.161 e. The molecule has 0 radical (unpaired) electrons. The second-order valence-electron chi connectivity index (χ2n) is 4.68. The third kappa shape index (κ3) is 3.46. The van der Waals surface area contributed by atoms with Gasteiger partial charge < -0.3 is 14.8 Å². The molecule has 0 spiro atoms. The average molecular weight is 282 g/mol. The molecule has 4 heteroatoms. The van der Waals surface area contributed by atoms with E-state index in [2.05, 4.69) is 11.4 Å². The minimum absolute atomic E-state index is 0.649. The fraction of sp³-hybridized carbons (Fsp3) is 0.235. The van der Waals surface area contributed by atoms with Crippen molar-refractivity contribution < 1.29 is 9.47 Å². The van der Waals surface area contributed by atoms with Crippen LogP contribution in [0.15, 0.2) is 36.4 Å². The number of anilines is 1. The SMILES string of the molecule is COc1ccc(CNc2cc(C#N)ccc2C)cc1OC. The van der Waals surface area contributed by atoms with Crippen LogP contribution in [0.5, 0.6) is 11.5 Å². The first-order valence-corrected chi connectivity index (χ1v) is 6.63. The molecule has 108 valence electrons. The summed E-state index contributed by atoms with van der Waals surface area (Å²) in [6.45, 7) is 2.66. The molecule has 0 amide bonds. The molecule has 0 saturated carbocycles. The number of nitriles is 1. The molecule has 0 heterocycles. The van der Waals surface area contributed by atoms with Gasteiger partial charge in [0.05, 0.1) is 25.9 Å². The van der Waals surface area contributed by atoms with Crippen LogP contribution < -0.4 is 14.8 Å².